The Morgan fingerprint density at radius 1 is 1.44 bits per heavy atom. The van der Waals surface area contributed by atoms with Gasteiger partial charge < -0.3 is 10.2 Å². The lowest BCUT2D eigenvalue weighted by atomic mass is 10.3. The van der Waals surface area contributed by atoms with E-state index in [0.717, 1.165) is 33.5 Å². The summed E-state index contributed by atoms with van der Waals surface area (Å²) in [6, 6.07) is 6.39. The molecule has 5 heteroatoms. The summed E-state index contributed by atoms with van der Waals surface area (Å²) in [6.07, 6.45) is 0. The van der Waals surface area contributed by atoms with Crippen LogP contribution in [0.2, 0.25) is 5.02 Å². The maximum Gasteiger partial charge on any atom is 0.183 e. The first kappa shape index (κ1) is 13.6. The van der Waals surface area contributed by atoms with Crippen molar-refractivity contribution in [3.63, 3.8) is 0 Å². The summed E-state index contributed by atoms with van der Waals surface area (Å²) in [5.74, 6) is 0. The highest BCUT2D eigenvalue weighted by Gasteiger charge is 2.07. The van der Waals surface area contributed by atoms with Crippen LogP contribution < -0.4 is 5.32 Å². The molecule has 0 atom stereocenters. The van der Waals surface area contributed by atoms with E-state index in [1.807, 2.05) is 18.2 Å². The predicted octanol–water partition coefficient (Wildman–Crippen LogP) is 3.70. The van der Waals surface area contributed by atoms with Gasteiger partial charge in [-0.05, 0) is 33.0 Å². The standard InChI is InChI=1S/C13H18ClN3S/c1-9(2)17(3)8-7-15-13-16-11-6-4-5-10(14)12(11)18-13/h4-6,9H,7-8H2,1-3H3,(H,15,16). The molecular weight excluding hydrogens is 266 g/mol. The molecule has 98 valence electrons. The van der Waals surface area contributed by atoms with Crippen molar-refractivity contribution in [3.8, 4) is 0 Å². The number of hydrogen-bond donors (Lipinski definition) is 1. The second-order valence-electron chi connectivity index (χ2n) is 4.61. The quantitative estimate of drug-likeness (QED) is 0.907. The number of aromatic nitrogens is 1. The number of benzene rings is 1. The van der Waals surface area contributed by atoms with Crippen LogP contribution in [0.5, 0.6) is 0 Å². The van der Waals surface area contributed by atoms with Gasteiger partial charge in [0.25, 0.3) is 0 Å². The third-order valence-electron chi connectivity index (χ3n) is 2.99. The van der Waals surface area contributed by atoms with Gasteiger partial charge in [-0.3, -0.25) is 0 Å². The molecule has 18 heavy (non-hydrogen) atoms. The lowest BCUT2D eigenvalue weighted by Gasteiger charge is -2.20. The summed E-state index contributed by atoms with van der Waals surface area (Å²) in [7, 11) is 2.13. The fourth-order valence-corrected chi connectivity index (χ4v) is 2.77. The van der Waals surface area contributed by atoms with Gasteiger partial charge in [0, 0.05) is 19.1 Å². The second-order valence-corrected chi connectivity index (χ2v) is 6.01. The van der Waals surface area contributed by atoms with Gasteiger partial charge in [0.1, 0.15) is 0 Å². The minimum absolute atomic E-state index is 0.566. The molecule has 1 N–H and O–H groups in total. The third-order valence-corrected chi connectivity index (χ3v) is 4.48. The lowest BCUT2D eigenvalue weighted by molar-refractivity contribution is 0.284. The normalized spacial score (nSPS) is 11.7. The van der Waals surface area contributed by atoms with Gasteiger partial charge in [0.15, 0.2) is 5.13 Å². The summed E-state index contributed by atoms with van der Waals surface area (Å²) >= 11 is 7.74. The van der Waals surface area contributed by atoms with E-state index in [0.29, 0.717) is 6.04 Å². The molecule has 0 spiro atoms. The number of thiazole rings is 1. The highest BCUT2D eigenvalue weighted by molar-refractivity contribution is 7.22. The fourth-order valence-electron chi connectivity index (χ4n) is 1.59. The Bertz CT molecular complexity index is 524. The Hall–Kier alpha value is -0.840. The number of nitrogens with one attached hydrogen (secondary N) is 1. The highest BCUT2D eigenvalue weighted by atomic mass is 35.5. The van der Waals surface area contributed by atoms with Gasteiger partial charge in [-0.15, -0.1) is 0 Å². The molecule has 2 rings (SSSR count). The Kier molecular flexibility index (Phi) is 4.43. The zero-order chi connectivity index (χ0) is 13.1. The first-order valence-electron chi connectivity index (χ1n) is 6.07. The molecule has 0 fully saturated rings. The molecule has 0 bridgehead atoms. The molecule has 2 aromatic rings. The molecule has 3 nitrogen and oxygen atoms in total. The number of anilines is 1. The van der Waals surface area contributed by atoms with Crippen molar-refractivity contribution in [2.24, 2.45) is 0 Å². The fraction of sp³-hybridized carbons (Fsp3) is 0.462. The molecule has 0 unspecified atom stereocenters. The zero-order valence-corrected chi connectivity index (χ0v) is 12.5. The van der Waals surface area contributed by atoms with Crippen molar-refractivity contribution in [3.05, 3.63) is 23.2 Å². The van der Waals surface area contributed by atoms with Crippen molar-refractivity contribution < 1.29 is 0 Å². The molecular formula is C13H18ClN3S. The van der Waals surface area contributed by atoms with E-state index < -0.39 is 0 Å². The van der Waals surface area contributed by atoms with E-state index in [2.05, 4.69) is 36.1 Å². The van der Waals surface area contributed by atoms with E-state index in [9.17, 15) is 0 Å². The van der Waals surface area contributed by atoms with Crippen molar-refractivity contribution >= 4 is 38.3 Å². The van der Waals surface area contributed by atoms with E-state index in [-0.39, 0.29) is 0 Å². The molecule has 0 aliphatic rings. The Morgan fingerprint density at radius 3 is 2.89 bits per heavy atom. The molecule has 0 aliphatic heterocycles. The SMILES string of the molecule is CC(C)N(C)CCNc1nc2cccc(Cl)c2s1. The van der Waals surface area contributed by atoms with Crippen LogP contribution in [-0.4, -0.2) is 36.1 Å². The van der Waals surface area contributed by atoms with Crippen molar-refractivity contribution in [1.82, 2.24) is 9.88 Å². The molecule has 1 heterocycles. The summed E-state index contributed by atoms with van der Waals surface area (Å²) < 4.78 is 1.05. The topological polar surface area (TPSA) is 28.2 Å². The first-order valence-corrected chi connectivity index (χ1v) is 7.26. The van der Waals surface area contributed by atoms with Crippen molar-refractivity contribution in [2.45, 2.75) is 19.9 Å². The van der Waals surface area contributed by atoms with Gasteiger partial charge >= 0.3 is 0 Å². The number of halogens is 1. The molecule has 0 aliphatic carbocycles. The maximum absolute atomic E-state index is 6.13. The number of rotatable bonds is 5. The number of likely N-dealkylation sites (N-methyl/N-ethyl adjacent to an activating group) is 1. The Balaban J connectivity index is 1.98. The largest absolute Gasteiger partial charge is 0.360 e. The van der Waals surface area contributed by atoms with Crippen LogP contribution >= 0.6 is 22.9 Å². The average Bonchev–Trinajstić information content (AvgIpc) is 2.73. The molecule has 1 aromatic carbocycles. The van der Waals surface area contributed by atoms with Crippen LogP contribution in [0.1, 0.15) is 13.8 Å². The predicted molar refractivity (Wildman–Crippen MR) is 80.9 cm³/mol. The van der Waals surface area contributed by atoms with Crippen LogP contribution in [-0.2, 0) is 0 Å². The average molecular weight is 284 g/mol. The van der Waals surface area contributed by atoms with Crippen LogP contribution in [0.4, 0.5) is 5.13 Å². The first-order chi connectivity index (χ1) is 8.58. The summed E-state index contributed by atoms with van der Waals surface area (Å²) in [5.41, 5.74) is 0.965. The third kappa shape index (κ3) is 3.13. The Morgan fingerprint density at radius 2 is 2.22 bits per heavy atom. The molecule has 1 aromatic heterocycles. The minimum Gasteiger partial charge on any atom is -0.360 e. The van der Waals surface area contributed by atoms with Crippen LogP contribution in [0.3, 0.4) is 0 Å². The number of fused-ring (bicyclic) bond motifs is 1. The smallest absolute Gasteiger partial charge is 0.183 e. The molecule has 0 saturated heterocycles. The zero-order valence-electron chi connectivity index (χ0n) is 10.9. The van der Waals surface area contributed by atoms with E-state index in [1.165, 1.54) is 0 Å². The van der Waals surface area contributed by atoms with Gasteiger partial charge in [-0.2, -0.15) is 0 Å². The van der Waals surface area contributed by atoms with Crippen LogP contribution in [0.25, 0.3) is 10.2 Å². The van der Waals surface area contributed by atoms with Gasteiger partial charge in [-0.25, -0.2) is 4.98 Å². The monoisotopic (exact) mass is 283 g/mol. The Labute approximate surface area is 117 Å². The van der Waals surface area contributed by atoms with Crippen LogP contribution in [0, 0.1) is 0 Å². The maximum atomic E-state index is 6.13. The van der Waals surface area contributed by atoms with Gasteiger partial charge in [0.05, 0.1) is 15.2 Å². The second kappa shape index (κ2) is 5.87. The van der Waals surface area contributed by atoms with Gasteiger partial charge in [-0.1, -0.05) is 29.0 Å². The number of nitrogens with zero attached hydrogens (tertiary/aromatic N) is 2. The summed E-state index contributed by atoms with van der Waals surface area (Å²) in [4.78, 5) is 6.82. The molecule has 0 saturated carbocycles. The minimum atomic E-state index is 0.566. The summed E-state index contributed by atoms with van der Waals surface area (Å²) in [6.45, 7) is 6.28. The molecule has 0 amide bonds. The van der Waals surface area contributed by atoms with Crippen LogP contribution in [0.15, 0.2) is 18.2 Å². The lowest BCUT2D eigenvalue weighted by Crippen LogP contribution is -2.31. The number of hydrogen-bond acceptors (Lipinski definition) is 4. The highest BCUT2D eigenvalue weighted by Crippen LogP contribution is 2.31. The molecule has 0 radical (unpaired) electrons. The van der Waals surface area contributed by atoms with E-state index in [4.69, 9.17) is 11.6 Å². The van der Waals surface area contributed by atoms with Crippen molar-refractivity contribution in [2.75, 3.05) is 25.5 Å². The van der Waals surface area contributed by atoms with Gasteiger partial charge in [0.2, 0.25) is 0 Å². The summed E-state index contributed by atoms with van der Waals surface area (Å²) in [5, 5.41) is 5.07. The van der Waals surface area contributed by atoms with E-state index in [1.54, 1.807) is 11.3 Å². The van der Waals surface area contributed by atoms with Crippen molar-refractivity contribution in [1.29, 1.82) is 0 Å². The van der Waals surface area contributed by atoms with E-state index >= 15 is 0 Å².